The van der Waals surface area contributed by atoms with Gasteiger partial charge < -0.3 is 9.47 Å². The molecule has 60 heavy (non-hydrogen) atoms. The van der Waals surface area contributed by atoms with Crippen molar-refractivity contribution in [3.05, 3.63) is 53.6 Å². The molecule has 7 nitrogen and oxygen atoms in total. The molecule has 0 heterocycles. The summed E-state index contributed by atoms with van der Waals surface area (Å²) in [6.45, 7) is 4.77. The summed E-state index contributed by atoms with van der Waals surface area (Å²) in [4.78, 5) is 25.5. The van der Waals surface area contributed by atoms with E-state index in [4.69, 9.17) is 9.47 Å². The third kappa shape index (κ3) is 32.3. The first kappa shape index (κ1) is 55.6. The van der Waals surface area contributed by atoms with Crippen LogP contribution < -0.4 is 0 Å². The Kier molecular flexibility index (Phi) is 37.6. The Balaban J connectivity index is 2.15. The van der Waals surface area contributed by atoms with E-state index >= 15 is 0 Å². The van der Waals surface area contributed by atoms with Crippen LogP contribution in [0.25, 0.3) is 0 Å². The number of benzene rings is 1. The number of ether oxygens (including phenoxy) is 2. The van der Waals surface area contributed by atoms with Gasteiger partial charge in [-0.1, -0.05) is 224 Å². The van der Waals surface area contributed by atoms with Crippen LogP contribution in [0.3, 0.4) is 0 Å². The number of hydrogen-bond donors (Lipinski definition) is 1. The van der Waals surface area contributed by atoms with Crippen LogP contribution >= 0.6 is 0 Å². The summed E-state index contributed by atoms with van der Waals surface area (Å²) in [5.41, 5.74) is -0.668. The highest BCUT2D eigenvalue weighted by atomic mass is 32.2. The molecule has 1 aromatic rings. The minimum absolute atomic E-state index is 0.112. The number of rotatable bonds is 43. The van der Waals surface area contributed by atoms with E-state index in [1.807, 2.05) is 0 Å². The highest BCUT2D eigenvalue weighted by molar-refractivity contribution is 7.86. The fourth-order valence-electron chi connectivity index (χ4n) is 7.69. The molecule has 0 saturated heterocycles. The van der Waals surface area contributed by atoms with Crippen LogP contribution in [0.4, 0.5) is 0 Å². The van der Waals surface area contributed by atoms with Crippen LogP contribution in [0, 0.1) is 0 Å². The Hall–Kier alpha value is -2.45. The molecule has 0 aliphatic carbocycles. The van der Waals surface area contributed by atoms with Gasteiger partial charge in [0, 0.05) is 0 Å². The van der Waals surface area contributed by atoms with E-state index in [-0.39, 0.29) is 18.8 Å². The molecular weight excluding hydrogens is 769 g/mol. The van der Waals surface area contributed by atoms with Crippen molar-refractivity contribution < 1.29 is 32.0 Å². The molecule has 8 heteroatoms. The molecule has 0 fully saturated rings. The Bertz CT molecular complexity index is 1340. The smallest absolute Gasteiger partial charge is 0.340 e. The molecule has 1 aromatic carbocycles. The molecule has 1 rings (SSSR count). The average molecular weight is 859 g/mol. The normalized spacial score (nSPS) is 11.9. The molecule has 0 bridgehead atoms. The summed E-state index contributed by atoms with van der Waals surface area (Å²) in [5, 5.41) is 0. The second-order valence-electron chi connectivity index (χ2n) is 17.1. The SMILES string of the molecule is CCCC/C=C/CCCCCCCCCCCCCCCCOC(=O)c1cccc(S(=O)(=O)O)c1C(=O)OCCCCCCCCCCCCCCCC/C=C/CCCC. The third-order valence-electron chi connectivity index (χ3n) is 11.5. The van der Waals surface area contributed by atoms with Gasteiger partial charge in [0.05, 0.1) is 24.3 Å². The minimum atomic E-state index is -4.77. The first-order valence-corrected chi connectivity index (χ1v) is 26.5. The molecular formula is C52H90O7S. The average Bonchev–Trinajstić information content (AvgIpc) is 3.24. The van der Waals surface area contributed by atoms with Gasteiger partial charge in [-0.15, -0.1) is 0 Å². The summed E-state index contributed by atoms with van der Waals surface area (Å²) in [5.74, 6) is -1.74. The van der Waals surface area contributed by atoms with Gasteiger partial charge in [-0.05, 0) is 63.5 Å². The predicted octanol–water partition coefficient (Wildman–Crippen LogP) is 16.4. The third-order valence-corrected chi connectivity index (χ3v) is 12.4. The van der Waals surface area contributed by atoms with Gasteiger partial charge in [-0.2, -0.15) is 8.42 Å². The van der Waals surface area contributed by atoms with Crippen LogP contribution in [0.1, 0.15) is 266 Å². The van der Waals surface area contributed by atoms with Crippen molar-refractivity contribution in [3.63, 3.8) is 0 Å². The zero-order valence-electron chi connectivity index (χ0n) is 38.7. The molecule has 0 amide bonds. The Morgan fingerprint density at radius 1 is 0.450 bits per heavy atom. The summed E-state index contributed by atoms with van der Waals surface area (Å²) in [6.07, 6.45) is 53.4. The highest BCUT2D eigenvalue weighted by Crippen LogP contribution is 2.23. The largest absolute Gasteiger partial charge is 0.462 e. The molecule has 0 atom stereocenters. The molecule has 0 aliphatic rings. The predicted molar refractivity (Wildman–Crippen MR) is 253 cm³/mol. The number of hydrogen-bond acceptors (Lipinski definition) is 6. The van der Waals surface area contributed by atoms with E-state index in [9.17, 15) is 22.6 Å². The van der Waals surface area contributed by atoms with E-state index in [1.54, 1.807) is 0 Å². The Labute approximate surface area is 369 Å². The summed E-state index contributed by atoms with van der Waals surface area (Å²) in [7, 11) is -4.77. The number of allylic oxidation sites excluding steroid dienone is 4. The minimum Gasteiger partial charge on any atom is -0.462 e. The van der Waals surface area contributed by atoms with Crippen LogP contribution in [-0.4, -0.2) is 38.1 Å². The Morgan fingerprint density at radius 3 is 1.08 bits per heavy atom. The molecule has 0 spiro atoms. The lowest BCUT2D eigenvalue weighted by molar-refractivity contribution is 0.0446. The molecule has 0 aliphatic heterocycles. The van der Waals surface area contributed by atoms with Gasteiger partial charge in [0.1, 0.15) is 4.90 Å². The van der Waals surface area contributed by atoms with Gasteiger partial charge in [0.2, 0.25) is 0 Å². The standard InChI is InChI=1S/C52H90O7S/c1-3-5-7-9-11-13-15-17-19-21-23-25-27-29-31-33-35-37-39-41-46-58-51(53)48-44-43-45-49(60(55,56)57)50(48)52(54)59-47-42-40-38-36-34-32-30-28-26-24-22-20-18-16-14-12-10-8-6-4-2/h9-12,43-45H,3-8,13-42,46-47H2,1-2H3,(H,55,56,57)/b11-9+,12-10+. The molecule has 0 saturated carbocycles. The van der Waals surface area contributed by atoms with Gasteiger partial charge in [0.15, 0.2) is 0 Å². The fraction of sp³-hybridized carbons (Fsp3) is 0.769. The second kappa shape index (κ2) is 40.6. The van der Waals surface area contributed by atoms with Crippen molar-refractivity contribution >= 4 is 22.1 Å². The van der Waals surface area contributed by atoms with Crippen molar-refractivity contribution in [2.75, 3.05) is 13.2 Å². The van der Waals surface area contributed by atoms with Gasteiger partial charge >= 0.3 is 11.9 Å². The number of carbonyl (C=O) groups excluding carboxylic acids is 2. The topological polar surface area (TPSA) is 107 Å². The zero-order valence-corrected chi connectivity index (χ0v) is 39.5. The maximum absolute atomic E-state index is 13.1. The maximum atomic E-state index is 13.1. The van der Waals surface area contributed by atoms with E-state index in [1.165, 1.54) is 192 Å². The number of unbranched alkanes of at least 4 members (excludes halogenated alkanes) is 32. The molecule has 0 unspecified atom stereocenters. The number of esters is 2. The molecule has 0 aromatic heterocycles. The van der Waals surface area contributed by atoms with Crippen LogP contribution in [0.5, 0.6) is 0 Å². The van der Waals surface area contributed by atoms with E-state index in [0.29, 0.717) is 12.8 Å². The molecule has 0 radical (unpaired) electrons. The van der Waals surface area contributed by atoms with Gasteiger partial charge in [0.25, 0.3) is 10.1 Å². The highest BCUT2D eigenvalue weighted by Gasteiger charge is 2.28. The first-order chi connectivity index (χ1) is 29.3. The van der Waals surface area contributed by atoms with Gasteiger partial charge in [-0.25, -0.2) is 9.59 Å². The van der Waals surface area contributed by atoms with E-state index in [0.717, 1.165) is 44.6 Å². The maximum Gasteiger partial charge on any atom is 0.340 e. The molecule has 1 N–H and O–H groups in total. The lowest BCUT2D eigenvalue weighted by Crippen LogP contribution is -2.19. The first-order valence-electron chi connectivity index (χ1n) is 25.1. The van der Waals surface area contributed by atoms with Crippen molar-refractivity contribution in [3.8, 4) is 0 Å². The summed E-state index contributed by atoms with van der Waals surface area (Å²) < 4.78 is 45.0. The molecule has 346 valence electrons. The summed E-state index contributed by atoms with van der Waals surface area (Å²) in [6, 6.07) is 3.78. The van der Waals surface area contributed by atoms with Crippen LogP contribution in [0.15, 0.2) is 47.4 Å². The quantitative estimate of drug-likeness (QED) is 0.0302. The lowest BCUT2D eigenvalue weighted by atomic mass is 10.0. The monoisotopic (exact) mass is 859 g/mol. The van der Waals surface area contributed by atoms with Gasteiger partial charge in [-0.3, -0.25) is 4.55 Å². The Morgan fingerprint density at radius 2 is 0.750 bits per heavy atom. The van der Waals surface area contributed by atoms with Crippen molar-refractivity contribution in [2.24, 2.45) is 0 Å². The van der Waals surface area contributed by atoms with Crippen LogP contribution in [0.2, 0.25) is 0 Å². The summed E-state index contributed by atoms with van der Waals surface area (Å²) >= 11 is 0. The van der Waals surface area contributed by atoms with Crippen LogP contribution in [-0.2, 0) is 19.6 Å². The van der Waals surface area contributed by atoms with Crippen molar-refractivity contribution in [1.82, 2.24) is 0 Å². The second-order valence-corrected chi connectivity index (χ2v) is 18.5. The lowest BCUT2D eigenvalue weighted by Gasteiger charge is -2.13. The van der Waals surface area contributed by atoms with Crippen molar-refractivity contribution in [1.29, 1.82) is 0 Å². The van der Waals surface area contributed by atoms with Crippen molar-refractivity contribution in [2.45, 2.75) is 250 Å². The fourth-order valence-corrected chi connectivity index (χ4v) is 8.39. The number of carbonyl (C=O) groups is 2. The van der Waals surface area contributed by atoms with E-state index in [2.05, 4.69) is 38.2 Å². The zero-order chi connectivity index (χ0) is 43.6. The van der Waals surface area contributed by atoms with E-state index < -0.39 is 32.5 Å².